The lowest BCUT2D eigenvalue weighted by Crippen LogP contribution is -2.13. The zero-order valence-corrected chi connectivity index (χ0v) is 12.3. The lowest BCUT2D eigenvalue weighted by atomic mass is 10.1. The van der Waals surface area contributed by atoms with Gasteiger partial charge in [0.2, 0.25) is 0 Å². The molecule has 3 nitrogen and oxygen atoms in total. The second kappa shape index (κ2) is 5.54. The number of halogens is 3. The topological polar surface area (TPSA) is 38.3 Å². The molecule has 1 aliphatic rings. The molecule has 2 aromatic carbocycles. The summed E-state index contributed by atoms with van der Waals surface area (Å²) in [5.41, 5.74) is 2.15. The van der Waals surface area contributed by atoms with E-state index in [1.54, 1.807) is 18.2 Å². The number of hydrogen-bond donors (Lipinski definition) is 1. The van der Waals surface area contributed by atoms with Gasteiger partial charge in [0, 0.05) is 11.6 Å². The molecular weight excluding hydrogens is 344 g/mol. The Labute approximate surface area is 128 Å². The highest BCUT2D eigenvalue weighted by atomic mass is 79.9. The fourth-order valence-electron chi connectivity index (χ4n) is 2.13. The number of ether oxygens (including phenoxy) is 1. The molecule has 0 saturated carbocycles. The van der Waals surface area contributed by atoms with Crippen LogP contribution in [0.4, 0.5) is 14.5 Å². The van der Waals surface area contributed by atoms with Crippen molar-refractivity contribution in [3.63, 3.8) is 0 Å². The van der Waals surface area contributed by atoms with E-state index in [0.717, 1.165) is 23.3 Å². The minimum Gasteiger partial charge on any atom is -0.372 e. The summed E-state index contributed by atoms with van der Waals surface area (Å²) < 4.78 is 32.4. The minimum atomic E-state index is -0.707. The normalized spacial score (nSPS) is 13.1. The summed E-state index contributed by atoms with van der Waals surface area (Å²) in [4.78, 5) is 12.1. The van der Waals surface area contributed by atoms with Crippen LogP contribution in [-0.4, -0.2) is 5.91 Å². The van der Waals surface area contributed by atoms with Gasteiger partial charge in [-0.3, -0.25) is 4.79 Å². The lowest BCUT2D eigenvalue weighted by molar-refractivity contribution is 0.102. The maximum atomic E-state index is 13.7. The number of anilines is 1. The van der Waals surface area contributed by atoms with Crippen molar-refractivity contribution in [1.29, 1.82) is 0 Å². The van der Waals surface area contributed by atoms with Gasteiger partial charge in [-0.2, -0.15) is 0 Å². The molecule has 0 radical (unpaired) electrons. The number of amides is 1. The maximum Gasteiger partial charge on any atom is 0.255 e. The van der Waals surface area contributed by atoms with Gasteiger partial charge in [0.1, 0.15) is 11.6 Å². The Hall–Kier alpha value is -1.79. The van der Waals surface area contributed by atoms with E-state index in [1.807, 2.05) is 0 Å². The molecule has 3 rings (SSSR count). The van der Waals surface area contributed by atoms with Crippen LogP contribution in [0, 0.1) is 11.6 Å². The summed E-state index contributed by atoms with van der Waals surface area (Å²) in [7, 11) is 0. The van der Waals surface area contributed by atoms with Crippen LogP contribution in [0.15, 0.2) is 34.8 Å². The summed E-state index contributed by atoms with van der Waals surface area (Å²) in [6.45, 7) is 0.988. The van der Waals surface area contributed by atoms with Crippen LogP contribution in [0.2, 0.25) is 0 Å². The molecule has 0 unspecified atom stereocenters. The van der Waals surface area contributed by atoms with Crippen LogP contribution in [-0.2, 0) is 18.0 Å². The van der Waals surface area contributed by atoms with Crippen molar-refractivity contribution in [2.24, 2.45) is 0 Å². The number of carbonyl (C=O) groups is 1. The highest BCUT2D eigenvalue weighted by Crippen LogP contribution is 2.25. The number of hydrogen-bond acceptors (Lipinski definition) is 2. The summed E-state index contributed by atoms with van der Waals surface area (Å²) in [6, 6.07) is 7.05. The first-order valence-corrected chi connectivity index (χ1v) is 6.99. The molecule has 6 heteroatoms. The largest absolute Gasteiger partial charge is 0.372 e. The third-order valence-electron chi connectivity index (χ3n) is 3.24. The van der Waals surface area contributed by atoms with Gasteiger partial charge in [-0.15, -0.1) is 0 Å². The SMILES string of the molecule is O=C(Nc1cc(F)c(Br)cc1F)c1ccc2c(c1)COC2. The second-order valence-corrected chi connectivity index (χ2v) is 5.53. The van der Waals surface area contributed by atoms with E-state index in [4.69, 9.17) is 4.74 Å². The molecule has 1 amide bonds. The minimum absolute atomic E-state index is 0.00711. The maximum absolute atomic E-state index is 13.7. The van der Waals surface area contributed by atoms with E-state index in [0.29, 0.717) is 18.8 Å². The highest BCUT2D eigenvalue weighted by Gasteiger charge is 2.16. The van der Waals surface area contributed by atoms with E-state index < -0.39 is 17.5 Å². The standard InChI is InChI=1S/C15H10BrF2NO2/c16-11-4-13(18)14(5-12(11)17)19-15(20)8-1-2-9-6-21-7-10(9)3-8/h1-5H,6-7H2,(H,19,20). The molecule has 0 aromatic heterocycles. The Balaban J connectivity index is 1.85. The average Bonchev–Trinajstić information content (AvgIpc) is 2.92. The van der Waals surface area contributed by atoms with Crippen LogP contribution in [0.5, 0.6) is 0 Å². The molecule has 0 atom stereocenters. The number of nitrogens with one attached hydrogen (secondary N) is 1. The van der Waals surface area contributed by atoms with Gasteiger partial charge >= 0.3 is 0 Å². The van der Waals surface area contributed by atoms with Crippen LogP contribution in [0.3, 0.4) is 0 Å². The van der Waals surface area contributed by atoms with Crippen molar-refractivity contribution in [2.45, 2.75) is 13.2 Å². The van der Waals surface area contributed by atoms with Gasteiger partial charge in [0.05, 0.1) is 23.4 Å². The van der Waals surface area contributed by atoms with Gasteiger partial charge in [0.15, 0.2) is 0 Å². The van der Waals surface area contributed by atoms with Crippen molar-refractivity contribution in [2.75, 3.05) is 5.32 Å². The van der Waals surface area contributed by atoms with E-state index >= 15 is 0 Å². The van der Waals surface area contributed by atoms with Crippen molar-refractivity contribution < 1.29 is 18.3 Å². The molecule has 21 heavy (non-hydrogen) atoms. The van der Waals surface area contributed by atoms with Crippen LogP contribution in [0.1, 0.15) is 21.5 Å². The van der Waals surface area contributed by atoms with Crippen LogP contribution in [0.25, 0.3) is 0 Å². The fourth-order valence-corrected chi connectivity index (χ4v) is 2.44. The summed E-state index contributed by atoms with van der Waals surface area (Å²) in [5, 5.41) is 2.37. The Bertz CT molecular complexity index is 734. The fraction of sp³-hybridized carbons (Fsp3) is 0.133. The monoisotopic (exact) mass is 353 g/mol. The Morgan fingerprint density at radius 2 is 1.86 bits per heavy atom. The predicted molar refractivity (Wildman–Crippen MR) is 76.9 cm³/mol. The smallest absolute Gasteiger partial charge is 0.255 e. The van der Waals surface area contributed by atoms with Crippen LogP contribution < -0.4 is 5.32 Å². The summed E-state index contributed by atoms with van der Waals surface area (Å²) in [5.74, 6) is -1.85. The average molecular weight is 354 g/mol. The molecule has 2 aromatic rings. The van der Waals surface area contributed by atoms with Crippen LogP contribution >= 0.6 is 15.9 Å². The number of fused-ring (bicyclic) bond motifs is 1. The zero-order valence-electron chi connectivity index (χ0n) is 10.8. The molecule has 1 heterocycles. The van der Waals surface area contributed by atoms with Gasteiger partial charge in [-0.25, -0.2) is 8.78 Å². The number of carbonyl (C=O) groups excluding carboxylic acids is 1. The summed E-state index contributed by atoms with van der Waals surface area (Å²) in [6.07, 6.45) is 0. The van der Waals surface area contributed by atoms with Crippen molar-refractivity contribution in [3.8, 4) is 0 Å². The van der Waals surface area contributed by atoms with Crippen molar-refractivity contribution in [1.82, 2.24) is 0 Å². The molecule has 0 spiro atoms. The lowest BCUT2D eigenvalue weighted by Gasteiger charge is -2.08. The molecule has 1 aliphatic heterocycles. The van der Waals surface area contributed by atoms with Crippen molar-refractivity contribution in [3.05, 3.63) is 63.1 Å². The molecule has 0 fully saturated rings. The number of benzene rings is 2. The molecule has 0 aliphatic carbocycles. The Kier molecular flexibility index (Phi) is 3.73. The molecule has 0 saturated heterocycles. The zero-order chi connectivity index (χ0) is 15.0. The Morgan fingerprint density at radius 3 is 2.67 bits per heavy atom. The quantitative estimate of drug-likeness (QED) is 0.828. The second-order valence-electron chi connectivity index (χ2n) is 4.68. The molecule has 1 N–H and O–H groups in total. The van der Waals surface area contributed by atoms with Gasteiger partial charge in [-0.1, -0.05) is 6.07 Å². The first-order valence-electron chi connectivity index (χ1n) is 6.20. The van der Waals surface area contributed by atoms with Crippen molar-refractivity contribution >= 4 is 27.5 Å². The third kappa shape index (κ3) is 2.82. The molecule has 0 bridgehead atoms. The Morgan fingerprint density at radius 1 is 1.10 bits per heavy atom. The van der Waals surface area contributed by atoms with Gasteiger partial charge in [-0.05, 0) is 45.3 Å². The highest BCUT2D eigenvalue weighted by molar-refractivity contribution is 9.10. The molecule has 108 valence electrons. The first-order chi connectivity index (χ1) is 10.0. The molecular formula is C15H10BrF2NO2. The first kappa shape index (κ1) is 14.2. The third-order valence-corrected chi connectivity index (χ3v) is 3.85. The predicted octanol–water partition coefficient (Wildman–Crippen LogP) is 4.01. The summed E-state index contributed by atoms with van der Waals surface area (Å²) >= 11 is 2.88. The van der Waals surface area contributed by atoms with Gasteiger partial charge in [0.25, 0.3) is 5.91 Å². The van der Waals surface area contributed by atoms with E-state index in [9.17, 15) is 13.6 Å². The number of rotatable bonds is 2. The van der Waals surface area contributed by atoms with E-state index in [2.05, 4.69) is 21.2 Å². The van der Waals surface area contributed by atoms with E-state index in [-0.39, 0.29) is 10.2 Å². The van der Waals surface area contributed by atoms with Gasteiger partial charge < -0.3 is 10.1 Å². The van der Waals surface area contributed by atoms with E-state index in [1.165, 1.54) is 0 Å².